The Bertz CT molecular complexity index is 239. The molecule has 5 heteroatoms. The van der Waals surface area contributed by atoms with E-state index in [1.807, 2.05) is 13.8 Å². The van der Waals surface area contributed by atoms with E-state index in [4.69, 9.17) is 5.11 Å². The van der Waals surface area contributed by atoms with Gasteiger partial charge in [0.25, 0.3) is 0 Å². The lowest BCUT2D eigenvalue weighted by molar-refractivity contribution is -0.146. The Morgan fingerprint density at radius 1 is 1.40 bits per heavy atom. The van der Waals surface area contributed by atoms with Gasteiger partial charge in [0.2, 0.25) is 5.91 Å². The van der Waals surface area contributed by atoms with Crippen LogP contribution in [0.1, 0.15) is 34.1 Å². The third-order valence-electron chi connectivity index (χ3n) is 2.03. The third-order valence-corrected chi connectivity index (χ3v) is 2.03. The van der Waals surface area contributed by atoms with Gasteiger partial charge in [-0.25, -0.2) is 4.79 Å². The minimum Gasteiger partial charge on any atom is -0.480 e. The summed E-state index contributed by atoms with van der Waals surface area (Å²) < 4.78 is 0. The van der Waals surface area contributed by atoms with Crippen LogP contribution < -0.4 is 10.6 Å². The van der Waals surface area contributed by atoms with Gasteiger partial charge in [0.05, 0.1) is 0 Å². The normalized spacial score (nSPS) is 13.3. The Balaban J connectivity index is 4.09. The number of carbonyl (C=O) groups is 2. The molecule has 0 saturated heterocycles. The first-order chi connectivity index (χ1) is 6.79. The third kappa shape index (κ3) is 5.37. The van der Waals surface area contributed by atoms with E-state index in [1.165, 1.54) is 13.8 Å². The number of carboxylic acid groups (broad SMARTS) is 1. The maximum Gasteiger partial charge on any atom is 0.328 e. The van der Waals surface area contributed by atoms with E-state index in [-0.39, 0.29) is 18.4 Å². The predicted molar refractivity (Wildman–Crippen MR) is 57.6 cm³/mol. The first-order valence-electron chi connectivity index (χ1n) is 5.07. The Kier molecular flexibility index (Phi) is 5.28. The van der Waals surface area contributed by atoms with Gasteiger partial charge < -0.3 is 15.7 Å². The van der Waals surface area contributed by atoms with E-state index < -0.39 is 11.5 Å². The van der Waals surface area contributed by atoms with Gasteiger partial charge in [0, 0.05) is 12.5 Å². The standard InChI is InChI=1S/C10H20N2O3/c1-5-11-7(2)6-8(13)12-10(3,4)9(14)15/h7,11H,5-6H2,1-4H3,(H,12,13)(H,14,15). The van der Waals surface area contributed by atoms with Crippen molar-refractivity contribution in [3.63, 3.8) is 0 Å². The number of nitrogens with one attached hydrogen (secondary N) is 2. The molecule has 88 valence electrons. The van der Waals surface area contributed by atoms with Crippen molar-refractivity contribution in [1.29, 1.82) is 0 Å². The zero-order chi connectivity index (χ0) is 12.1. The number of aliphatic carboxylic acids is 1. The molecule has 1 atom stereocenters. The van der Waals surface area contributed by atoms with Crippen molar-refractivity contribution in [1.82, 2.24) is 10.6 Å². The van der Waals surface area contributed by atoms with E-state index in [0.717, 1.165) is 6.54 Å². The summed E-state index contributed by atoms with van der Waals surface area (Å²) in [6.45, 7) is 7.56. The summed E-state index contributed by atoms with van der Waals surface area (Å²) in [4.78, 5) is 22.2. The number of carbonyl (C=O) groups excluding carboxylic acids is 1. The predicted octanol–water partition coefficient (Wildman–Crippen LogP) is 0.354. The van der Waals surface area contributed by atoms with Crippen molar-refractivity contribution >= 4 is 11.9 Å². The van der Waals surface area contributed by atoms with E-state index >= 15 is 0 Å². The molecule has 0 aliphatic carbocycles. The number of amides is 1. The summed E-state index contributed by atoms with van der Waals surface area (Å²) in [5.74, 6) is -1.29. The van der Waals surface area contributed by atoms with E-state index in [9.17, 15) is 9.59 Å². The van der Waals surface area contributed by atoms with Crippen LogP contribution >= 0.6 is 0 Å². The highest BCUT2D eigenvalue weighted by Gasteiger charge is 2.28. The number of hydrogen-bond donors (Lipinski definition) is 3. The van der Waals surface area contributed by atoms with Gasteiger partial charge in [-0.3, -0.25) is 4.79 Å². The van der Waals surface area contributed by atoms with Crippen molar-refractivity contribution in [3.05, 3.63) is 0 Å². The van der Waals surface area contributed by atoms with Crippen molar-refractivity contribution in [3.8, 4) is 0 Å². The highest BCUT2D eigenvalue weighted by atomic mass is 16.4. The summed E-state index contributed by atoms with van der Waals surface area (Å²) >= 11 is 0. The maximum atomic E-state index is 11.4. The molecular weight excluding hydrogens is 196 g/mol. The van der Waals surface area contributed by atoms with Crippen LogP contribution in [0.2, 0.25) is 0 Å². The molecule has 0 aliphatic heterocycles. The maximum absolute atomic E-state index is 11.4. The summed E-state index contributed by atoms with van der Waals surface area (Å²) in [7, 11) is 0. The molecule has 5 nitrogen and oxygen atoms in total. The molecular formula is C10H20N2O3. The molecule has 0 saturated carbocycles. The van der Waals surface area contributed by atoms with Crippen LogP contribution in [-0.4, -0.2) is 35.1 Å². The fourth-order valence-corrected chi connectivity index (χ4v) is 1.15. The number of carboxylic acids is 1. The van der Waals surface area contributed by atoms with Gasteiger partial charge in [-0.2, -0.15) is 0 Å². The van der Waals surface area contributed by atoms with Gasteiger partial charge in [-0.1, -0.05) is 6.92 Å². The summed E-state index contributed by atoms with van der Waals surface area (Å²) in [6.07, 6.45) is 0.282. The van der Waals surface area contributed by atoms with Crippen LogP contribution in [-0.2, 0) is 9.59 Å². The highest BCUT2D eigenvalue weighted by Crippen LogP contribution is 2.03. The Labute approximate surface area is 90.2 Å². The van der Waals surface area contributed by atoms with Crippen LogP contribution in [0.4, 0.5) is 0 Å². The largest absolute Gasteiger partial charge is 0.480 e. The highest BCUT2D eigenvalue weighted by molar-refractivity contribution is 5.86. The van der Waals surface area contributed by atoms with E-state index in [0.29, 0.717) is 0 Å². The van der Waals surface area contributed by atoms with E-state index in [1.54, 1.807) is 0 Å². The molecule has 15 heavy (non-hydrogen) atoms. The minimum atomic E-state index is -1.21. The van der Waals surface area contributed by atoms with Gasteiger partial charge in [-0.05, 0) is 27.3 Å². The summed E-state index contributed by atoms with van der Waals surface area (Å²) in [6, 6.07) is 0.0552. The summed E-state index contributed by atoms with van der Waals surface area (Å²) in [5.41, 5.74) is -1.21. The molecule has 0 rings (SSSR count). The molecule has 0 aromatic carbocycles. The second-order valence-electron chi connectivity index (χ2n) is 4.14. The van der Waals surface area contributed by atoms with Crippen LogP contribution in [0.15, 0.2) is 0 Å². The van der Waals surface area contributed by atoms with Crippen LogP contribution in [0.5, 0.6) is 0 Å². The van der Waals surface area contributed by atoms with Crippen LogP contribution in [0, 0.1) is 0 Å². The lowest BCUT2D eigenvalue weighted by atomic mass is 10.1. The molecule has 1 unspecified atom stereocenters. The fourth-order valence-electron chi connectivity index (χ4n) is 1.15. The summed E-state index contributed by atoms with van der Waals surface area (Å²) in [5, 5.41) is 14.3. The average molecular weight is 216 g/mol. The number of hydrogen-bond acceptors (Lipinski definition) is 3. The minimum absolute atomic E-state index is 0.0552. The molecule has 0 fully saturated rings. The molecule has 0 aromatic rings. The van der Waals surface area contributed by atoms with Gasteiger partial charge >= 0.3 is 5.97 Å². The van der Waals surface area contributed by atoms with Gasteiger partial charge in [-0.15, -0.1) is 0 Å². The van der Waals surface area contributed by atoms with Crippen molar-refractivity contribution < 1.29 is 14.7 Å². The molecule has 0 heterocycles. The molecule has 0 aromatic heterocycles. The van der Waals surface area contributed by atoms with Crippen molar-refractivity contribution in [2.45, 2.75) is 45.7 Å². The van der Waals surface area contributed by atoms with Crippen molar-refractivity contribution in [2.24, 2.45) is 0 Å². The van der Waals surface area contributed by atoms with E-state index in [2.05, 4.69) is 10.6 Å². The Hall–Kier alpha value is -1.10. The quantitative estimate of drug-likeness (QED) is 0.599. The lowest BCUT2D eigenvalue weighted by Gasteiger charge is -2.22. The zero-order valence-electron chi connectivity index (χ0n) is 9.76. The van der Waals surface area contributed by atoms with Gasteiger partial charge in [0.15, 0.2) is 0 Å². The molecule has 3 N–H and O–H groups in total. The van der Waals surface area contributed by atoms with Crippen LogP contribution in [0.25, 0.3) is 0 Å². The molecule has 1 amide bonds. The average Bonchev–Trinajstić information content (AvgIpc) is 2.02. The SMILES string of the molecule is CCNC(C)CC(=O)NC(C)(C)C(=O)O. The first-order valence-corrected chi connectivity index (χ1v) is 5.07. The zero-order valence-corrected chi connectivity index (χ0v) is 9.76. The molecule has 0 radical (unpaired) electrons. The first kappa shape index (κ1) is 13.9. The van der Waals surface area contributed by atoms with Gasteiger partial charge in [0.1, 0.15) is 5.54 Å². The molecule has 0 spiro atoms. The van der Waals surface area contributed by atoms with Crippen molar-refractivity contribution in [2.75, 3.05) is 6.54 Å². The second-order valence-corrected chi connectivity index (χ2v) is 4.14. The smallest absolute Gasteiger partial charge is 0.328 e. The topological polar surface area (TPSA) is 78.4 Å². The molecule has 0 aliphatic rings. The monoisotopic (exact) mass is 216 g/mol. The molecule has 0 bridgehead atoms. The Morgan fingerprint density at radius 3 is 2.33 bits per heavy atom. The Morgan fingerprint density at radius 2 is 1.93 bits per heavy atom. The fraction of sp³-hybridized carbons (Fsp3) is 0.800. The lowest BCUT2D eigenvalue weighted by Crippen LogP contribution is -2.50. The number of rotatable bonds is 6. The second kappa shape index (κ2) is 5.70. The van der Waals surface area contributed by atoms with Crippen LogP contribution in [0.3, 0.4) is 0 Å².